The molecule has 0 aliphatic rings. The molecule has 84 valence electrons. The molecule has 0 N–H and O–H groups in total. The quantitative estimate of drug-likeness (QED) is 0.791. The molecule has 16 heavy (non-hydrogen) atoms. The minimum absolute atomic E-state index is 0.733. The molecule has 0 atom stereocenters. The second-order valence-electron chi connectivity index (χ2n) is 3.40. The Bertz CT molecular complexity index is 451. The fraction of sp³-hybridized carbons (Fsp3) is 0.250. The van der Waals surface area contributed by atoms with Gasteiger partial charge in [-0.15, -0.1) is 0 Å². The van der Waals surface area contributed by atoms with E-state index in [0.29, 0.717) is 0 Å². The number of hydrogen-bond donors (Lipinski definition) is 0. The van der Waals surface area contributed by atoms with Crippen LogP contribution in [0.2, 0.25) is 0 Å². The van der Waals surface area contributed by atoms with Crippen LogP contribution in [0.25, 0.3) is 0 Å². The van der Waals surface area contributed by atoms with Gasteiger partial charge in [0, 0.05) is 12.0 Å². The molecule has 0 saturated carbocycles. The number of benzene rings is 1. The molecule has 4 heteroatoms. The van der Waals surface area contributed by atoms with Gasteiger partial charge in [-0.05, 0) is 17.7 Å². The Morgan fingerprint density at radius 3 is 2.56 bits per heavy atom. The van der Waals surface area contributed by atoms with Gasteiger partial charge in [-0.25, -0.2) is 0 Å². The van der Waals surface area contributed by atoms with Crippen LogP contribution >= 0.6 is 0 Å². The predicted molar refractivity (Wildman–Crippen MR) is 58.9 cm³/mol. The molecule has 0 aliphatic carbocycles. The molecule has 0 aliphatic heterocycles. The van der Waals surface area contributed by atoms with E-state index in [1.165, 1.54) is 0 Å². The summed E-state index contributed by atoms with van der Waals surface area (Å²) in [6.07, 6.45) is 4.11. The van der Waals surface area contributed by atoms with Crippen molar-refractivity contribution in [1.29, 1.82) is 0 Å². The number of rotatable bonds is 4. The molecular formula is C12H13NO3. The highest BCUT2D eigenvalue weighted by Crippen LogP contribution is 2.28. The highest BCUT2D eigenvalue weighted by molar-refractivity contribution is 5.43. The van der Waals surface area contributed by atoms with Crippen molar-refractivity contribution in [2.75, 3.05) is 14.2 Å². The second kappa shape index (κ2) is 4.70. The Morgan fingerprint density at radius 2 is 1.94 bits per heavy atom. The lowest BCUT2D eigenvalue weighted by Gasteiger charge is -2.08. The Balaban J connectivity index is 2.22. The molecule has 0 fully saturated rings. The van der Waals surface area contributed by atoms with Crippen LogP contribution in [-0.2, 0) is 6.42 Å². The van der Waals surface area contributed by atoms with Gasteiger partial charge in [0.2, 0.25) is 0 Å². The minimum atomic E-state index is 0.733. The highest BCUT2D eigenvalue weighted by atomic mass is 16.5. The largest absolute Gasteiger partial charge is 0.493 e. The molecule has 2 aromatic rings. The highest BCUT2D eigenvalue weighted by Gasteiger charge is 2.05. The molecule has 0 radical (unpaired) electrons. The van der Waals surface area contributed by atoms with Crippen molar-refractivity contribution in [3.8, 4) is 11.5 Å². The average Bonchev–Trinajstić information content (AvgIpc) is 2.81. The van der Waals surface area contributed by atoms with Gasteiger partial charge in [0.25, 0.3) is 0 Å². The summed E-state index contributed by atoms with van der Waals surface area (Å²) in [5.74, 6) is 1.47. The summed E-state index contributed by atoms with van der Waals surface area (Å²) in [7, 11) is 3.25. The summed E-state index contributed by atoms with van der Waals surface area (Å²) >= 11 is 0. The normalized spacial score (nSPS) is 10.1. The Labute approximate surface area is 93.8 Å². The lowest BCUT2D eigenvalue weighted by Crippen LogP contribution is -1.93. The average molecular weight is 219 g/mol. The van der Waals surface area contributed by atoms with Crippen molar-refractivity contribution in [3.05, 3.63) is 41.8 Å². The molecule has 0 saturated heterocycles. The van der Waals surface area contributed by atoms with Crippen molar-refractivity contribution in [2.24, 2.45) is 0 Å². The molecule has 0 unspecified atom stereocenters. The third-order valence-electron chi connectivity index (χ3n) is 2.34. The third-order valence-corrected chi connectivity index (χ3v) is 2.34. The number of methoxy groups -OCH3 is 2. The minimum Gasteiger partial charge on any atom is -0.493 e. The Kier molecular flexibility index (Phi) is 3.10. The smallest absolute Gasteiger partial charge is 0.160 e. The molecule has 2 rings (SSSR count). The van der Waals surface area contributed by atoms with Crippen LogP contribution in [0.3, 0.4) is 0 Å². The zero-order valence-corrected chi connectivity index (χ0v) is 9.27. The fourth-order valence-corrected chi connectivity index (χ4v) is 1.54. The van der Waals surface area contributed by atoms with Crippen LogP contribution in [0.5, 0.6) is 11.5 Å². The molecular weight excluding hydrogens is 206 g/mol. The lowest BCUT2D eigenvalue weighted by molar-refractivity contribution is 0.354. The second-order valence-corrected chi connectivity index (χ2v) is 3.40. The van der Waals surface area contributed by atoms with E-state index in [-0.39, 0.29) is 0 Å². The summed E-state index contributed by atoms with van der Waals surface area (Å²) in [6, 6.07) is 5.84. The van der Waals surface area contributed by atoms with E-state index in [2.05, 4.69) is 5.16 Å². The number of nitrogens with zero attached hydrogens (tertiary/aromatic N) is 1. The van der Waals surface area contributed by atoms with E-state index < -0.39 is 0 Å². The van der Waals surface area contributed by atoms with Gasteiger partial charge in [-0.2, -0.15) is 0 Å². The van der Waals surface area contributed by atoms with Crippen LogP contribution in [0, 0.1) is 0 Å². The van der Waals surface area contributed by atoms with Gasteiger partial charge in [-0.3, -0.25) is 0 Å². The summed E-state index contributed by atoms with van der Waals surface area (Å²) in [5.41, 5.74) is 2.16. The zero-order valence-electron chi connectivity index (χ0n) is 9.27. The van der Waals surface area contributed by atoms with Gasteiger partial charge >= 0.3 is 0 Å². The van der Waals surface area contributed by atoms with Crippen molar-refractivity contribution in [3.63, 3.8) is 0 Å². The lowest BCUT2D eigenvalue weighted by atomic mass is 10.1. The number of ether oxygens (including phenoxy) is 2. The maximum atomic E-state index is 5.23. The first-order valence-electron chi connectivity index (χ1n) is 4.92. The molecule has 0 amide bonds. The molecule has 1 aromatic heterocycles. The maximum absolute atomic E-state index is 5.23. The van der Waals surface area contributed by atoms with Crippen LogP contribution in [0.1, 0.15) is 11.1 Å². The van der Waals surface area contributed by atoms with Crippen LogP contribution < -0.4 is 9.47 Å². The molecule has 0 spiro atoms. The van der Waals surface area contributed by atoms with E-state index >= 15 is 0 Å². The molecule has 1 aromatic carbocycles. The predicted octanol–water partition coefficient (Wildman–Crippen LogP) is 2.28. The molecule has 1 heterocycles. The number of hydrogen-bond acceptors (Lipinski definition) is 4. The van der Waals surface area contributed by atoms with Crippen molar-refractivity contribution in [1.82, 2.24) is 5.16 Å². The standard InChI is InChI=1S/C12H13NO3/c1-14-11-4-3-9(6-12(11)15-2)5-10-7-13-16-8-10/h3-4,6-8H,5H2,1-2H3. The van der Waals surface area contributed by atoms with Gasteiger partial charge in [0.05, 0.1) is 20.4 Å². The zero-order chi connectivity index (χ0) is 11.4. The third kappa shape index (κ3) is 2.16. The van der Waals surface area contributed by atoms with E-state index in [4.69, 9.17) is 14.0 Å². The van der Waals surface area contributed by atoms with Crippen LogP contribution in [0.15, 0.2) is 35.2 Å². The topological polar surface area (TPSA) is 44.5 Å². The SMILES string of the molecule is COc1ccc(Cc2cnoc2)cc1OC. The first-order valence-corrected chi connectivity index (χ1v) is 4.92. The van der Waals surface area contributed by atoms with Gasteiger partial charge in [-0.1, -0.05) is 11.2 Å². The Morgan fingerprint density at radius 1 is 1.12 bits per heavy atom. The van der Waals surface area contributed by atoms with E-state index in [1.54, 1.807) is 26.7 Å². The van der Waals surface area contributed by atoms with Crippen molar-refractivity contribution < 1.29 is 14.0 Å². The molecule has 0 bridgehead atoms. The van der Waals surface area contributed by atoms with Crippen molar-refractivity contribution in [2.45, 2.75) is 6.42 Å². The Hall–Kier alpha value is -1.97. The van der Waals surface area contributed by atoms with E-state index in [1.807, 2.05) is 18.2 Å². The van der Waals surface area contributed by atoms with Gasteiger partial charge < -0.3 is 14.0 Å². The maximum Gasteiger partial charge on any atom is 0.160 e. The summed E-state index contributed by atoms with van der Waals surface area (Å²) in [6.45, 7) is 0. The van der Waals surface area contributed by atoms with Crippen LogP contribution in [0.4, 0.5) is 0 Å². The summed E-state index contributed by atoms with van der Waals surface area (Å²) < 4.78 is 15.2. The molecule has 4 nitrogen and oxygen atoms in total. The van der Waals surface area contributed by atoms with Gasteiger partial charge in [0.15, 0.2) is 11.5 Å². The first-order chi connectivity index (χ1) is 7.83. The number of aromatic nitrogens is 1. The van der Waals surface area contributed by atoms with Crippen molar-refractivity contribution >= 4 is 0 Å². The van der Waals surface area contributed by atoms with E-state index in [9.17, 15) is 0 Å². The van der Waals surface area contributed by atoms with Crippen LogP contribution in [-0.4, -0.2) is 19.4 Å². The van der Waals surface area contributed by atoms with Gasteiger partial charge in [0.1, 0.15) is 6.26 Å². The summed E-state index contributed by atoms with van der Waals surface area (Å²) in [4.78, 5) is 0. The monoisotopic (exact) mass is 219 g/mol. The first kappa shape index (κ1) is 10.5. The van der Waals surface area contributed by atoms with E-state index in [0.717, 1.165) is 29.0 Å². The summed E-state index contributed by atoms with van der Waals surface area (Å²) in [5, 5.41) is 3.66. The fourth-order valence-electron chi connectivity index (χ4n) is 1.54.